The highest BCUT2D eigenvalue weighted by atomic mass is 32.1. The molecule has 1 aromatic heterocycles. The number of carbonyl (C=O) groups excluding carboxylic acids is 1. The van der Waals surface area contributed by atoms with Crippen LogP contribution in [0.5, 0.6) is 11.5 Å². The van der Waals surface area contributed by atoms with E-state index in [4.69, 9.17) is 14.2 Å². The number of rotatable bonds is 7. The quantitative estimate of drug-likeness (QED) is 0.273. The van der Waals surface area contributed by atoms with Gasteiger partial charge in [-0.05, 0) is 43.7 Å². The lowest BCUT2D eigenvalue weighted by atomic mass is 9.95. The normalized spacial score (nSPS) is 15.2. The number of methoxy groups -OCH3 is 2. The summed E-state index contributed by atoms with van der Waals surface area (Å²) in [4.78, 5) is 42.5. The topological polar surface area (TPSA) is 122 Å². The largest absolute Gasteiger partial charge is 0.493 e. The predicted octanol–water partition coefficient (Wildman–Crippen LogP) is 2.72. The van der Waals surface area contributed by atoms with Crippen molar-refractivity contribution in [2.24, 2.45) is 4.99 Å². The molecule has 0 fully saturated rings. The number of hydrogen-bond acceptors (Lipinski definition) is 9. The molecule has 0 radical (unpaired) electrons. The van der Waals surface area contributed by atoms with Crippen LogP contribution in [0.15, 0.2) is 63.5 Å². The molecule has 0 saturated heterocycles. The second-order valence-corrected chi connectivity index (χ2v) is 8.74. The van der Waals surface area contributed by atoms with Crippen LogP contribution in [0.2, 0.25) is 0 Å². The number of fused-ring (bicyclic) bond motifs is 1. The third-order valence-electron chi connectivity index (χ3n) is 5.66. The molecule has 1 aliphatic heterocycles. The molecular weight excluding hydrogens is 486 g/mol. The maximum Gasteiger partial charge on any atom is 0.338 e. The molecule has 4 rings (SSSR count). The number of nitrogens with zero attached hydrogens (tertiary/aromatic N) is 3. The zero-order chi connectivity index (χ0) is 26.0. The molecule has 0 saturated carbocycles. The molecule has 186 valence electrons. The average Bonchev–Trinajstić information content (AvgIpc) is 3.17. The zero-order valence-corrected chi connectivity index (χ0v) is 20.8. The summed E-state index contributed by atoms with van der Waals surface area (Å²) in [5.41, 5.74) is 0.940. The van der Waals surface area contributed by atoms with Crippen LogP contribution >= 0.6 is 11.3 Å². The average molecular weight is 510 g/mol. The van der Waals surface area contributed by atoms with E-state index >= 15 is 0 Å². The molecule has 0 N–H and O–H groups in total. The first kappa shape index (κ1) is 24.9. The lowest BCUT2D eigenvalue weighted by Crippen LogP contribution is -2.40. The highest BCUT2D eigenvalue weighted by molar-refractivity contribution is 7.07. The Bertz CT molecular complexity index is 1570. The standard InChI is InChI=1S/C25H23N3O7S/c1-5-35-24(30)21-14(2)26-25-27(22(21)16-10-11-18(33-3)19(12-16)34-4)23(29)20(36-25)13-15-8-6-7-9-17(15)28(31)32/h6-13,22H,5H2,1-4H3/b20-13+/t22-/m0/s1. The van der Waals surface area contributed by atoms with E-state index in [2.05, 4.69) is 4.99 Å². The van der Waals surface area contributed by atoms with Gasteiger partial charge in [0.05, 0.1) is 53.2 Å². The van der Waals surface area contributed by atoms with Gasteiger partial charge in [0.1, 0.15) is 0 Å². The predicted molar refractivity (Wildman–Crippen MR) is 133 cm³/mol. The van der Waals surface area contributed by atoms with Crippen molar-refractivity contribution in [3.8, 4) is 11.5 Å². The molecule has 11 heteroatoms. The summed E-state index contributed by atoms with van der Waals surface area (Å²) >= 11 is 1.09. The summed E-state index contributed by atoms with van der Waals surface area (Å²) in [6, 6.07) is 10.4. The van der Waals surface area contributed by atoms with Crippen LogP contribution in [0, 0.1) is 10.1 Å². The van der Waals surface area contributed by atoms with Crippen LogP contribution in [0.1, 0.15) is 31.0 Å². The molecule has 0 unspecified atom stereocenters. The van der Waals surface area contributed by atoms with Gasteiger partial charge in [-0.25, -0.2) is 9.79 Å². The first-order valence-corrected chi connectivity index (χ1v) is 11.8. The molecule has 2 heterocycles. The van der Waals surface area contributed by atoms with E-state index in [0.717, 1.165) is 11.3 Å². The summed E-state index contributed by atoms with van der Waals surface area (Å²) in [6.45, 7) is 3.52. The second kappa shape index (κ2) is 10.2. The molecule has 3 aromatic rings. The number of esters is 1. The van der Waals surface area contributed by atoms with Crippen LogP contribution in [0.25, 0.3) is 6.08 Å². The molecule has 1 atom stereocenters. The number of carbonyl (C=O) groups is 1. The molecule has 2 aromatic carbocycles. The fourth-order valence-corrected chi connectivity index (χ4v) is 5.08. The van der Waals surface area contributed by atoms with E-state index < -0.39 is 22.5 Å². The summed E-state index contributed by atoms with van der Waals surface area (Å²) in [5, 5.41) is 11.5. The van der Waals surface area contributed by atoms with E-state index in [0.29, 0.717) is 27.6 Å². The first-order chi connectivity index (χ1) is 17.3. The maximum atomic E-state index is 13.7. The number of hydrogen-bond donors (Lipinski definition) is 0. The number of thiazole rings is 1. The van der Waals surface area contributed by atoms with Crippen molar-refractivity contribution in [3.63, 3.8) is 0 Å². The van der Waals surface area contributed by atoms with Crippen LogP contribution in [-0.2, 0) is 9.53 Å². The Morgan fingerprint density at radius 3 is 2.58 bits per heavy atom. The van der Waals surface area contributed by atoms with Gasteiger partial charge >= 0.3 is 5.97 Å². The van der Waals surface area contributed by atoms with Crippen molar-refractivity contribution in [2.45, 2.75) is 19.9 Å². The van der Waals surface area contributed by atoms with Gasteiger partial charge in [-0.1, -0.05) is 29.5 Å². The molecular formula is C25H23N3O7S. The molecule has 0 aliphatic carbocycles. The Morgan fingerprint density at radius 1 is 1.19 bits per heavy atom. The van der Waals surface area contributed by atoms with Crippen molar-refractivity contribution in [3.05, 3.63) is 94.7 Å². The van der Waals surface area contributed by atoms with Crippen LogP contribution in [-0.4, -0.2) is 36.3 Å². The number of nitro benzene ring substituents is 1. The van der Waals surface area contributed by atoms with Gasteiger partial charge in [-0.15, -0.1) is 0 Å². The van der Waals surface area contributed by atoms with Crippen molar-refractivity contribution >= 4 is 29.1 Å². The highest BCUT2D eigenvalue weighted by Crippen LogP contribution is 2.36. The van der Waals surface area contributed by atoms with Gasteiger partial charge in [0.25, 0.3) is 11.2 Å². The van der Waals surface area contributed by atoms with Crippen LogP contribution < -0.4 is 24.4 Å². The smallest absolute Gasteiger partial charge is 0.338 e. The van der Waals surface area contributed by atoms with Gasteiger partial charge < -0.3 is 14.2 Å². The summed E-state index contributed by atoms with van der Waals surface area (Å²) in [6.07, 6.45) is 1.47. The number of allylic oxidation sites excluding steroid dienone is 1. The summed E-state index contributed by atoms with van der Waals surface area (Å²) in [5.74, 6) is 0.324. The van der Waals surface area contributed by atoms with E-state index in [1.807, 2.05) is 0 Å². The van der Waals surface area contributed by atoms with Gasteiger partial charge in [-0.2, -0.15) is 0 Å². The second-order valence-electron chi connectivity index (χ2n) is 7.73. The number of para-hydroxylation sites is 1. The SMILES string of the molecule is CCOC(=O)C1=C(C)N=c2s/c(=C/c3ccccc3[N+](=O)[O-])c(=O)n2[C@H]1c1ccc(OC)c(OC)c1. The van der Waals surface area contributed by atoms with Crippen molar-refractivity contribution in [1.29, 1.82) is 0 Å². The van der Waals surface area contributed by atoms with Crippen molar-refractivity contribution in [1.82, 2.24) is 4.57 Å². The number of nitro groups is 1. The third-order valence-corrected chi connectivity index (χ3v) is 6.64. The molecule has 0 bridgehead atoms. The fraction of sp³-hybridized carbons (Fsp3) is 0.240. The number of aromatic nitrogens is 1. The third kappa shape index (κ3) is 4.40. The van der Waals surface area contributed by atoms with Crippen molar-refractivity contribution < 1.29 is 23.9 Å². The van der Waals surface area contributed by atoms with E-state index in [1.165, 1.54) is 30.9 Å². The summed E-state index contributed by atoms with van der Waals surface area (Å²) in [7, 11) is 3.00. The Morgan fingerprint density at radius 2 is 1.92 bits per heavy atom. The highest BCUT2D eigenvalue weighted by Gasteiger charge is 2.34. The molecule has 10 nitrogen and oxygen atoms in total. The molecule has 0 spiro atoms. The van der Waals surface area contributed by atoms with E-state index in [9.17, 15) is 19.7 Å². The zero-order valence-electron chi connectivity index (χ0n) is 20.0. The minimum atomic E-state index is -0.854. The van der Waals surface area contributed by atoms with Crippen LogP contribution in [0.3, 0.4) is 0 Å². The van der Waals surface area contributed by atoms with E-state index in [1.54, 1.807) is 50.2 Å². The molecule has 1 aliphatic rings. The maximum absolute atomic E-state index is 13.7. The Hall–Kier alpha value is -4.25. The van der Waals surface area contributed by atoms with Crippen LogP contribution in [0.4, 0.5) is 5.69 Å². The fourth-order valence-electron chi connectivity index (χ4n) is 4.05. The molecule has 36 heavy (non-hydrogen) atoms. The Kier molecular flexibility index (Phi) is 7.02. The Labute approximate surface area is 209 Å². The lowest BCUT2D eigenvalue weighted by molar-refractivity contribution is -0.385. The lowest BCUT2D eigenvalue weighted by Gasteiger charge is -2.25. The first-order valence-electron chi connectivity index (χ1n) is 11.0. The van der Waals surface area contributed by atoms with E-state index in [-0.39, 0.29) is 28.0 Å². The molecule has 0 amide bonds. The summed E-state index contributed by atoms with van der Waals surface area (Å²) < 4.78 is 17.7. The number of ether oxygens (including phenoxy) is 3. The monoisotopic (exact) mass is 509 g/mol. The van der Waals surface area contributed by atoms with Gasteiger partial charge in [-0.3, -0.25) is 19.5 Å². The van der Waals surface area contributed by atoms with Crippen molar-refractivity contribution in [2.75, 3.05) is 20.8 Å². The minimum Gasteiger partial charge on any atom is -0.493 e. The van der Waals surface area contributed by atoms with Gasteiger partial charge in [0, 0.05) is 6.07 Å². The minimum absolute atomic E-state index is 0.122. The number of benzene rings is 2. The van der Waals surface area contributed by atoms with Gasteiger partial charge in [0.15, 0.2) is 16.3 Å². The Balaban J connectivity index is 1.99. The van der Waals surface area contributed by atoms with Gasteiger partial charge in [0.2, 0.25) is 0 Å².